The standard InChI is InChI=1S/C25H35N3O2/c1-8-10-11-12-28(7)20(9-2)14-19(17(3)4)13-18(5)25-27-22-15-21(26-6)23(29)16-24(22)30-25/h9,13-17,19,29H,2,6,8,10-12H2,1,3-5,7H3/b18-13+,20-14?. The van der Waals surface area contributed by atoms with E-state index in [2.05, 4.69) is 68.1 Å². The Labute approximate surface area is 180 Å². The fourth-order valence-corrected chi connectivity index (χ4v) is 3.32. The van der Waals surface area contributed by atoms with Crippen LogP contribution in [0.1, 0.15) is 52.8 Å². The zero-order valence-corrected chi connectivity index (χ0v) is 19.0. The monoisotopic (exact) mass is 409 g/mol. The van der Waals surface area contributed by atoms with Crippen LogP contribution in [-0.2, 0) is 0 Å². The highest BCUT2D eigenvalue weighted by Crippen LogP contribution is 2.33. The van der Waals surface area contributed by atoms with E-state index < -0.39 is 0 Å². The molecule has 0 amide bonds. The van der Waals surface area contributed by atoms with E-state index in [9.17, 15) is 5.11 Å². The molecule has 162 valence electrons. The van der Waals surface area contributed by atoms with Gasteiger partial charge in [0.1, 0.15) is 17.0 Å². The fourth-order valence-electron chi connectivity index (χ4n) is 3.32. The highest BCUT2D eigenvalue weighted by atomic mass is 16.3. The van der Waals surface area contributed by atoms with Crippen LogP contribution in [0.25, 0.3) is 16.7 Å². The third kappa shape index (κ3) is 5.85. The van der Waals surface area contributed by atoms with Gasteiger partial charge < -0.3 is 14.4 Å². The third-order valence-corrected chi connectivity index (χ3v) is 5.31. The molecule has 0 aliphatic carbocycles. The molecule has 0 saturated carbocycles. The minimum absolute atomic E-state index is 0.0338. The summed E-state index contributed by atoms with van der Waals surface area (Å²) in [7, 11) is 2.12. The quantitative estimate of drug-likeness (QED) is 0.254. The number of benzene rings is 1. The number of unbranched alkanes of at least 4 members (excludes halogenated alkanes) is 2. The molecule has 5 nitrogen and oxygen atoms in total. The van der Waals surface area contributed by atoms with Gasteiger partial charge in [-0.25, -0.2) is 4.98 Å². The first-order valence-corrected chi connectivity index (χ1v) is 10.6. The molecule has 1 heterocycles. The van der Waals surface area contributed by atoms with Crippen molar-refractivity contribution in [2.45, 2.75) is 47.0 Å². The Balaban J connectivity index is 2.32. The summed E-state index contributed by atoms with van der Waals surface area (Å²) in [6.45, 7) is 17.1. The molecule has 0 aliphatic heterocycles. The number of phenolic OH excluding ortho intramolecular Hbond substituents is 1. The van der Waals surface area contributed by atoms with Crippen LogP contribution in [0.15, 0.2) is 52.0 Å². The smallest absolute Gasteiger partial charge is 0.222 e. The van der Waals surface area contributed by atoms with Crippen LogP contribution in [0.5, 0.6) is 5.75 Å². The van der Waals surface area contributed by atoms with Gasteiger partial charge in [0, 0.05) is 36.8 Å². The Kier molecular flexibility index (Phi) is 8.46. The Morgan fingerprint density at radius 3 is 2.63 bits per heavy atom. The lowest BCUT2D eigenvalue weighted by Gasteiger charge is -2.23. The topological polar surface area (TPSA) is 61.9 Å². The molecule has 30 heavy (non-hydrogen) atoms. The van der Waals surface area contributed by atoms with Crippen molar-refractivity contribution in [2.24, 2.45) is 16.8 Å². The highest BCUT2D eigenvalue weighted by molar-refractivity contribution is 5.82. The number of aliphatic imine (C=N–C) groups is 1. The Bertz CT molecular complexity index is 937. The molecular weight excluding hydrogens is 374 g/mol. The molecule has 5 heteroatoms. The lowest BCUT2D eigenvalue weighted by atomic mass is 9.92. The summed E-state index contributed by atoms with van der Waals surface area (Å²) in [5.74, 6) is 1.19. The van der Waals surface area contributed by atoms with Crippen LogP contribution >= 0.6 is 0 Å². The number of nitrogens with zero attached hydrogens (tertiary/aromatic N) is 3. The first-order chi connectivity index (χ1) is 14.3. The molecule has 0 radical (unpaired) electrons. The lowest BCUT2D eigenvalue weighted by Crippen LogP contribution is -2.19. The van der Waals surface area contributed by atoms with E-state index in [1.54, 1.807) is 6.07 Å². The van der Waals surface area contributed by atoms with Gasteiger partial charge in [0.25, 0.3) is 0 Å². The molecule has 2 aromatic rings. The van der Waals surface area contributed by atoms with E-state index in [4.69, 9.17) is 4.42 Å². The maximum Gasteiger partial charge on any atom is 0.222 e. The number of likely N-dealkylation sites (N-methyl/N-ethyl adjacent to an activating group) is 1. The van der Waals surface area contributed by atoms with Gasteiger partial charge in [-0.2, -0.15) is 0 Å². The summed E-state index contributed by atoms with van der Waals surface area (Å²) in [5.41, 5.74) is 3.66. The zero-order valence-electron chi connectivity index (χ0n) is 19.0. The molecular formula is C25H35N3O2. The number of aromatic hydroxyl groups is 1. The second-order valence-corrected chi connectivity index (χ2v) is 8.08. The molecule has 0 aliphatic rings. The molecule has 1 N–H and O–H groups in total. The molecule has 1 aromatic carbocycles. The first kappa shape index (κ1) is 23.5. The van der Waals surface area contributed by atoms with E-state index in [0.29, 0.717) is 28.6 Å². The SMILES string of the molecule is C=CC(=CC(/C=C(\C)c1nc2cc(N=C)c(O)cc2o1)C(C)C)N(C)CCCCC. The Morgan fingerprint density at radius 1 is 1.30 bits per heavy atom. The van der Waals surface area contributed by atoms with Crippen molar-refractivity contribution in [1.29, 1.82) is 0 Å². The zero-order chi connectivity index (χ0) is 22.3. The molecule has 1 aromatic heterocycles. The van der Waals surface area contributed by atoms with Gasteiger partial charge in [-0.3, -0.25) is 4.99 Å². The van der Waals surface area contributed by atoms with E-state index in [1.807, 2.05) is 13.0 Å². The van der Waals surface area contributed by atoms with E-state index in [0.717, 1.165) is 17.8 Å². The second-order valence-electron chi connectivity index (χ2n) is 8.08. The minimum Gasteiger partial charge on any atom is -0.506 e. The number of allylic oxidation sites excluding steroid dienone is 4. The van der Waals surface area contributed by atoms with Gasteiger partial charge in [0.05, 0.1) is 0 Å². The number of phenols is 1. The van der Waals surface area contributed by atoms with Crippen molar-refractivity contribution >= 4 is 29.1 Å². The molecule has 1 atom stereocenters. The normalized spacial score (nSPS) is 13.7. The van der Waals surface area contributed by atoms with Crippen LogP contribution in [0, 0.1) is 11.8 Å². The predicted molar refractivity (Wildman–Crippen MR) is 127 cm³/mol. The summed E-state index contributed by atoms with van der Waals surface area (Å²) in [5, 5.41) is 9.97. The largest absolute Gasteiger partial charge is 0.506 e. The summed E-state index contributed by atoms with van der Waals surface area (Å²) >= 11 is 0. The van der Waals surface area contributed by atoms with Crippen LogP contribution in [-0.4, -0.2) is 35.3 Å². The molecule has 0 bridgehead atoms. The number of hydrogen-bond acceptors (Lipinski definition) is 5. The number of aromatic nitrogens is 1. The average Bonchev–Trinajstić information content (AvgIpc) is 3.12. The van der Waals surface area contributed by atoms with Crippen LogP contribution in [0.4, 0.5) is 5.69 Å². The maximum absolute atomic E-state index is 9.97. The van der Waals surface area contributed by atoms with E-state index >= 15 is 0 Å². The van der Waals surface area contributed by atoms with Crippen LogP contribution < -0.4 is 0 Å². The van der Waals surface area contributed by atoms with Crippen molar-refractivity contribution < 1.29 is 9.52 Å². The first-order valence-electron chi connectivity index (χ1n) is 10.6. The van der Waals surface area contributed by atoms with Crippen molar-refractivity contribution in [3.63, 3.8) is 0 Å². The van der Waals surface area contributed by atoms with Crippen molar-refractivity contribution in [2.75, 3.05) is 13.6 Å². The summed E-state index contributed by atoms with van der Waals surface area (Å²) < 4.78 is 5.88. The number of oxazole rings is 1. The van der Waals surface area contributed by atoms with Crippen LogP contribution in [0.2, 0.25) is 0 Å². The third-order valence-electron chi connectivity index (χ3n) is 5.31. The molecule has 2 rings (SSSR count). The number of rotatable bonds is 11. The average molecular weight is 410 g/mol. The predicted octanol–water partition coefficient (Wildman–Crippen LogP) is 6.73. The fraction of sp³-hybridized carbons (Fsp3) is 0.440. The maximum atomic E-state index is 9.97. The number of fused-ring (bicyclic) bond motifs is 1. The van der Waals surface area contributed by atoms with Crippen molar-refractivity contribution in [3.8, 4) is 5.75 Å². The van der Waals surface area contributed by atoms with Gasteiger partial charge in [0.15, 0.2) is 5.58 Å². The van der Waals surface area contributed by atoms with Crippen LogP contribution in [0.3, 0.4) is 0 Å². The van der Waals surface area contributed by atoms with Gasteiger partial charge in [-0.1, -0.05) is 52.3 Å². The second kappa shape index (κ2) is 10.8. The van der Waals surface area contributed by atoms with Crippen molar-refractivity contribution in [1.82, 2.24) is 9.88 Å². The van der Waals surface area contributed by atoms with Gasteiger partial charge in [0.2, 0.25) is 5.89 Å². The van der Waals surface area contributed by atoms with E-state index in [-0.39, 0.29) is 11.7 Å². The van der Waals surface area contributed by atoms with Gasteiger partial charge in [-0.15, -0.1) is 0 Å². The Hall–Kier alpha value is -2.82. The van der Waals surface area contributed by atoms with Gasteiger partial charge in [-0.05, 0) is 38.1 Å². The van der Waals surface area contributed by atoms with Crippen molar-refractivity contribution in [3.05, 3.63) is 48.5 Å². The lowest BCUT2D eigenvalue weighted by molar-refractivity contribution is 0.405. The summed E-state index contributed by atoms with van der Waals surface area (Å²) in [6, 6.07) is 3.21. The highest BCUT2D eigenvalue weighted by Gasteiger charge is 2.15. The summed E-state index contributed by atoms with van der Waals surface area (Å²) in [6.07, 6.45) is 10.0. The molecule has 0 fully saturated rings. The molecule has 1 unspecified atom stereocenters. The number of hydrogen-bond donors (Lipinski definition) is 1. The Morgan fingerprint density at radius 2 is 2.03 bits per heavy atom. The molecule has 0 spiro atoms. The van der Waals surface area contributed by atoms with Gasteiger partial charge >= 0.3 is 0 Å². The van der Waals surface area contributed by atoms with E-state index in [1.165, 1.54) is 25.3 Å². The summed E-state index contributed by atoms with van der Waals surface area (Å²) in [4.78, 5) is 10.7. The minimum atomic E-state index is 0.0338. The molecule has 0 saturated heterocycles.